The highest BCUT2D eigenvalue weighted by Crippen LogP contribution is 2.19. The number of rotatable bonds is 0. The molecule has 0 N–H and O–H groups in total. The smallest absolute Gasteiger partial charge is 0.127 e. The van der Waals surface area contributed by atoms with Gasteiger partial charge in [-0.05, 0) is 70.8 Å². The van der Waals surface area contributed by atoms with Crippen LogP contribution in [0.25, 0.3) is 48.6 Å². The quantitative estimate of drug-likeness (QED) is 0.270. The van der Waals surface area contributed by atoms with Gasteiger partial charge in [-0.15, -0.1) is 0 Å². The molecule has 0 spiro atoms. The van der Waals surface area contributed by atoms with Crippen LogP contribution in [-0.2, 0) is 0 Å². The molecule has 0 radical (unpaired) electrons. The predicted octanol–water partition coefficient (Wildman–Crippen LogP) is 7.87. The fourth-order valence-corrected chi connectivity index (χ4v) is 3.24. The Labute approximate surface area is 175 Å². The van der Waals surface area contributed by atoms with Gasteiger partial charge in [-0.1, -0.05) is 72.8 Å². The van der Waals surface area contributed by atoms with Crippen LogP contribution in [0.4, 0.5) is 0 Å². The summed E-state index contributed by atoms with van der Waals surface area (Å²) in [5.74, 6) is 3.31. The zero-order valence-electron chi connectivity index (χ0n) is 16.4. The lowest BCUT2D eigenvalue weighted by Gasteiger charge is -1.97. The molecule has 2 nitrogen and oxygen atoms in total. The Morgan fingerprint density at radius 3 is 0.733 bits per heavy atom. The van der Waals surface area contributed by atoms with Gasteiger partial charge in [0.2, 0.25) is 0 Å². The van der Waals surface area contributed by atoms with E-state index in [2.05, 4.69) is 72.8 Å². The maximum atomic E-state index is 5.88. The summed E-state index contributed by atoms with van der Waals surface area (Å²) in [4.78, 5) is 0. The van der Waals surface area contributed by atoms with Crippen LogP contribution in [0.2, 0.25) is 0 Å². The lowest BCUT2D eigenvalue weighted by Crippen LogP contribution is -1.75. The van der Waals surface area contributed by atoms with Crippen LogP contribution in [0.1, 0.15) is 45.3 Å². The minimum Gasteiger partial charge on any atom is -0.457 e. The van der Waals surface area contributed by atoms with Gasteiger partial charge in [0.15, 0.2) is 0 Å². The molecule has 0 atom stereocenters. The maximum absolute atomic E-state index is 5.88. The van der Waals surface area contributed by atoms with Crippen molar-refractivity contribution < 1.29 is 8.83 Å². The van der Waals surface area contributed by atoms with E-state index in [1.807, 2.05) is 48.6 Å². The highest BCUT2D eigenvalue weighted by molar-refractivity contribution is 5.74. The summed E-state index contributed by atoms with van der Waals surface area (Å²) in [6.07, 6.45) is 16.1. The van der Waals surface area contributed by atoms with Crippen LogP contribution in [0.15, 0.2) is 81.6 Å². The molecule has 0 saturated heterocycles. The number of furan rings is 2. The lowest BCUT2D eigenvalue weighted by molar-refractivity contribution is 0.547. The molecule has 6 heterocycles. The standard InChI is InChI=1S/C28H20O2/c1-2-22-4-3-21(1)9-13-25-17-18-27(29-25)15-11-23-5-7-24(8-6-23)12-16-28-20-19-26(30-28)14-10-22/h1-20H/b13-9-,14-10-,15-11-,16-12-,21-9?,22-10?,23-11?,24-12?,25-13?,26-14?,27-15?,28-16?. The van der Waals surface area contributed by atoms with Gasteiger partial charge in [-0.2, -0.15) is 0 Å². The van der Waals surface area contributed by atoms with Gasteiger partial charge in [0.05, 0.1) is 0 Å². The molecule has 2 heteroatoms. The molecule has 0 fully saturated rings. The van der Waals surface area contributed by atoms with E-state index in [0.717, 1.165) is 45.3 Å². The van der Waals surface area contributed by atoms with Gasteiger partial charge in [0.25, 0.3) is 0 Å². The Balaban J connectivity index is 1.50. The first-order chi connectivity index (χ1) is 14.8. The Morgan fingerprint density at radius 1 is 0.267 bits per heavy atom. The van der Waals surface area contributed by atoms with Crippen LogP contribution in [0, 0.1) is 0 Å². The van der Waals surface area contributed by atoms with E-state index in [9.17, 15) is 0 Å². The van der Waals surface area contributed by atoms with Crippen molar-refractivity contribution in [1.29, 1.82) is 0 Å². The van der Waals surface area contributed by atoms with Gasteiger partial charge in [-0.25, -0.2) is 0 Å². The fraction of sp³-hybridized carbons (Fsp3) is 0. The lowest BCUT2D eigenvalue weighted by atomic mass is 10.1. The van der Waals surface area contributed by atoms with Crippen molar-refractivity contribution in [3.8, 4) is 0 Å². The molecular formula is C28H20O2. The molecule has 0 aliphatic carbocycles. The van der Waals surface area contributed by atoms with Gasteiger partial charge >= 0.3 is 0 Å². The van der Waals surface area contributed by atoms with E-state index in [1.54, 1.807) is 0 Å². The number of hydrogen-bond donors (Lipinski definition) is 0. The van der Waals surface area contributed by atoms with Crippen LogP contribution < -0.4 is 0 Å². The Bertz CT molecular complexity index is 1060. The second-order valence-electron chi connectivity index (χ2n) is 7.15. The summed E-state index contributed by atoms with van der Waals surface area (Å²) in [6, 6.07) is 24.6. The van der Waals surface area contributed by atoms with Crippen molar-refractivity contribution in [2.75, 3.05) is 0 Å². The van der Waals surface area contributed by atoms with Crippen molar-refractivity contribution in [3.63, 3.8) is 0 Å². The largest absolute Gasteiger partial charge is 0.457 e. The topological polar surface area (TPSA) is 26.3 Å². The summed E-state index contributed by atoms with van der Waals surface area (Å²) < 4.78 is 11.8. The first-order valence-corrected chi connectivity index (χ1v) is 9.92. The molecule has 0 unspecified atom stereocenters. The van der Waals surface area contributed by atoms with E-state index < -0.39 is 0 Å². The molecule has 0 amide bonds. The molecule has 8 bridgehead atoms. The van der Waals surface area contributed by atoms with Crippen molar-refractivity contribution in [2.24, 2.45) is 0 Å². The average molecular weight is 388 g/mol. The third kappa shape index (κ3) is 4.34. The molecular weight excluding hydrogens is 368 g/mol. The van der Waals surface area contributed by atoms with E-state index in [1.165, 1.54) is 0 Å². The molecule has 30 heavy (non-hydrogen) atoms. The molecule has 2 aromatic carbocycles. The number of benzene rings is 2. The second-order valence-corrected chi connectivity index (χ2v) is 7.15. The minimum absolute atomic E-state index is 0.829. The van der Waals surface area contributed by atoms with Crippen LogP contribution >= 0.6 is 0 Å². The van der Waals surface area contributed by atoms with E-state index in [-0.39, 0.29) is 0 Å². The second kappa shape index (κ2) is 8.14. The highest BCUT2D eigenvalue weighted by atomic mass is 16.3. The van der Waals surface area contributed by atoms with Gasteiger partial charge in [0.1, 0.15) is 23.0 Å². The maximum Gasteiger partial charge on any atom is 0.127 e. The monoisotopic (exact) mass is 388 g/mol. The average Bonchev–Trinajstić information content (AvgIpc) is 3.44. The predicted molar refractivity (Wildman–Crippen MR) is 126 cm³/mol. The normalized spacial score (nSPS) is 17.1. The zero-order valence-corrected chi connectivity index (χ0v) is 16.4. The van der Waals surface area contributed by atoms with Gasteiger partial charge in [0, 0.05) is 0 Å². The van der Waals surface area contributed by atoms with Crippen LogP contribution in [-0.4, -0.2) is 0 Å². The molecule has 0 saturated carbocycles. The van der Waals surface area contributed by atoms with Gasteiger partial charge < -0.3 is 8.83 Å². The first-order valence-electron chi connectivity index (χ1n) is 9.92. The first kappa shape index (κ1) is 18.0. The van der Waals surface area contributed by atoms with Crippen LogP contribution in [0.5, 0.6) is 0 Å². The molecule has 144 valence electrons. The highest BCUT2D eigenvalue weighted by Gasteiger charge is 1.99. The Morgan fingerprint density at radius 2 is 0.500 bits per heavy atom. The summed E-state index contributed by atoms with van der Waals surface area (Å²) in [6.45, 7) is 0. The SMILES string of the molecule is C1=C\c2ccc(o2)/C=C\c2ccc(cc2)/C=C\c2ccc(o2)/C=C\c2ccc/1cc2. The van der Waals surface area contributed by atoms with Crippen molar-refractivity contribution >= 4 is 48.6 Å². The van der Waals surface area contributed by atoms with E-state index >= 15 is 0 Å². The Kier molecular flexibility index (Phi) is 4.89. The zero-order chi connectivity index (χ0) is 20.2. The van der Waals surface area contributed by atoms with Crippen molar-refractivity contribution in [2.45, 2.75) is 0 Å². The summed E-state index contributed by atoms with van der Waals surface area (Å²) in [5, 5.41) is 0. The molecule has 2 aromatic heterocycles. The molecule has 8 rings (SSSR count). The molecule has 4 aromatic rings. The van der Waals surface area contributed by atoms with Gasteiger partial charge in [-0.3, -0.25) is 0 Å². The van der Waals surface area contributed by atoms with Crippen molar-refractivity contribution in [3.05, 3.63) is 118 Å². The summed E-state index contributed by atoms with van der Waals surface area (Å²) in [7, 11) is 0. The van der Waals surface area contributed by atoms with Crippen molar-refractivity contribution in [1.82, 2.24) is 0 Å². The molecule has 4 aliphatic rings. The Hall–Kier alpha value is -4.04. The molecule has 4 aliphatic heterocycles. The van der Waals surface area contributed by atoms with E-state index in [0.29, 0.717) is 0 Å². The third-order valence-electron chi connectivity index (χ3n) is 4.93. The van der Waals surface area contributed by atoms with E-state index in [4.69, 9.17) is 8.83 Å². The number of hydrogen-bond acceptors (Lipinski definition) is 2. The summed E-state index contributed by atoms with van der Waals surface area (Å²) >= 11 is 0. The summed E-state index contributed by atoms with van der Waals surface area (Å²) in [5.41, 5.74) is 4.48. The fourth-order valence-electron chi connectivity index (χ4n) is 3.24. The third-order valence-corrected chi connectivity index (χ3v) is 4.93. The van der Waals surface area contributed by atoms with Crippen LogP contribution in [0.3, 0.4) is 0 Å². The minimum atomic E-state index is 0.829.